The predicted molar refractivity (Wildman–Crippen MR) is 44.5 cm³/mol. The lowest BCUT2D eigenvalue weighted by atomic mass is 9.87. The lowest BCUT2D eigenvalue weighted by Gasteiger charge is -2.27. The van der Waals surface area contributed by atoms with E-state index in [2.05, 4.69) is 0 Å². The van der Waals surface area contributed by atoms with Crippen LogP contribution >= 0.6 is 0 Å². The van der Waals surface area contributed by atoms with E-state index in [1.165, 1.54) is 32.1 Å². The minimum absolute atomic E-state index is 0.197. The number of rotatable bonds is 1. The SMILES string of the molecule is C[C@H](O)C1=CC(=O)C=C[C@@]1(C)O. The van der Waals surface area contributed by atoms with E-state index >= 15 is 0 Å². The number of aliphatic hydroxyl groups excluding tert-OH is 1. The fourth-order valence-electron chi connectivity index (χ4n) is 1.23. The minimum Gasteiger partial charge on any atom is -0.389 e. The van der Waals surface area contributed by atoms with E-state index in [0.717, 1.165) is 0 Å². The molecule has 0 amide bonds. The van der Waals surface area contributed by atoms with Crippen LogP contribution in [-0.4, -0.2) is 27.7 Å². The van der Waals surface area contributed by atoms with Crippen LogP contribution < -0.4 is 0 Å². The third-order valence-electron chi connectivity index (χ3n) is 1.90. The van der Waals surface area contributed by atoms with Crippen molar-refractivity contribution in [3.8, 4) is 0 Å². The minimum atomic E-state index is -1.19. The van der Waals surface area contributed by atoms with Crippen LogP contribution in [0.2, 0.25) is 0 Å². The van der Waals surface area contributed by atoms with Crippen molar-refractivity contribution in [1.29, 1.82) is 0 Å². The zero-order chi connectivity index (χ0) is 9.35. The van der Waals surface area contributed by atoms with Gasteiger partial charge in [-0.05, 0) is 37.6 Å². The lowest BCUT2D eigenvalue weighted by molar-refractivity contribution is -0.111. The molecule has 3 nitrogen and oxygen atoms in total. The first-order chi connectivity index (χ1) is 5.43. The van der Waals surface area contributed by atoms with Crippen molar-refractivity contribution < 1.29 is 15.0 Å². The van der Waals surface area contributed by atoms with Crippen LogP contribution in [0.15, 0.2) is 23.8 Å². The summed E-state index contributed by atoms with van der Waals surface area (Å²) in [7, 11) is 0. The number of hydrogen-bond acceptors (Lipinski definition) is 3. The molecular formula is C9H12O3. The van der Waals surface area contributed by atoms with Crippen molar-refractivity contribution in [2.45, 2.75) is 25.6 Å². The van der Waals surface area contributed by atoms with Gasteiger partial charge >= 0.3 is 0 Å². The van der Waals surface area contributed by atoms with Crippen molar-refractivity contribution in [3.63, 3.8) is 0 Å². The molecule has 0 aromatic heterocycles. The van der Waals surface area contributed by atoms with Gasteiger partial charge in [-0.2, -0.15) is 0 Å². The van der Waals surface area contributed by atoms with Gasteiger partial charge in [-0.15, -0.1) is 0 Å². The molecule has 66 valence electrons. The van der Waals surface area contributed by atoms with Gasteiger partial charge in [-0.25, -0.2) is 0 Å². The Labute approximate surface area is 71.0 Å². The topological polar surface area (TPSA) is 57.5 Å². The highest BCUT2D eigenvalue weighted by molar-refractivity contribution is 6.01. The molecule has 0 saturated heterocycles. The van der Waals surface area contributed by atoms with Gasteiger partial charge < -0.3 is 10.2 Å². The molecule has 2 N–H and O–H groups in total. The fourth-order valence-corrected chi connectivity index (χ4v) is 1.23. The van der Waals surface area contributed by atoms with E-state index in [9.17, 15) is 15.0 Å². The molecule has 0 fully saturated rings. The first kappa shape index (κ1) is 9.16. The van der Waals surface area contributed by atoms with Gasteiger partial charge in [-0.3, -0.25) is 4.79 Å². The second-order valence-corrected chi connectivity index (χ2v) is 3.16. The molecule has 3 heteroatoms. The normalized spacial score (nSPS) is 31.7. The van der Waals surface area contributed by atoms with Gasteiger partial charge in [0.15, 0.2) is 5.78 Å². The summed E-state index contributed by atoms with van der Waals surface area (Å²) in [5.74, 6) is -0.197. The van der Waals surface area contributed by atoms with Crippen LogP contribution in [0.5, 0.6) is 0 Å². The maximum absolute atomic E-state index is 10.9. The van der Waals surface area contributed by atoms with Gasteiger partial charge in [0.05, 0.1) is 6.10 Å². The molecule has 1 aliphatic carbocycles. The van der Waals surface area contributed by atoms with Gasteiger partial charge in [0.2, 0.25) is 0 Å². The first-order valence-corrected chi connectivity index (χ1v) is 3.79. The molecule has 0 aromatic rings. The summed E-state index contributed by atoms with van der Waals surface area (Å²) < 4.78 is 0. The highest BCUT2D eigenvalue weighted by Gasteiger charge is 2.29. The van der Waals surface area contributed by atoms with Crippen molar-refractivity contribution in [2.75, 3.05) is 0 Å². The predicted octanol–water partition coefficient (Wildman–Crippen LogP) is 0.183. The van der Waals surface area contributed by atoms with E-state index in [-0.39, 0.29) is 5.78 Å². The number of aliphatic hydroxyl groups is 2. The monoisotopic (exact) mass is 168 g/mol. The summed E-state index contributed by atoms with van der Waals surface area (Å²) in [6, 6.07) is 0. The Bertz CT molecular complexity index is 259. The largest absolute Gasteiger partial charge is 0.389 e. The maximum Gasteiger partial charge on any atom is 0.178 e. The smallest absolute Gasteiger partial charge is 0.178 e. The van der Waals surface area contributed by atoms with E-state index in [4.69, 9.17) is 0 Å². The van der Waals surface area contributed by atoms with Gasteiger partial charge in [0.25, 0.3) is 0 Å². The zero-order valence-electron chi connectivity index (χ0n) is 7.11. The summed E-state index contributed by atoms with van der Waals surface area (Å²) in [5, 5.41) is 18.9. The van der Waals surface area contributed by atoms with Gasteiger partial charge in [0, 0.05) is 0 Å². The molecule has 0 aliphatic heterocycles. The standard InChI is InChI=1S/C9H12O3/c1-6(10)8-5-7(11)3-4-9(8,2)12/h3-6,10,12H,1-2H3/t6-,9+/m0/s1. The first-order valence-electron chi connectivity index (χ1n) is 3.79. The average molecular weight is 168 g/mol. The Morgan fingerprint density at radius 1 is 1.58 bits per heavy atom. The Kier molecular flexibility index (Phi) is 2.17. The van der Waals surface area contributed by atoms with Crippen LogP contribution in [-0.2, 0) is 4.79 Å². The van der Waals surface area contributed by atoms with Gasteiger partial charge in [-0.1, -0.05) is 0 Å². The van der Waals surface area contributed by atoms with E-state index in [1.54, 1.807) is 0 Å². The van der Waals surface area contributed by atoms with Crippen molar-refractivity contribution in [3.05, 3.63) is 23.8 Å². The lowest BCUT2D eigenvalue weighted by Crippen LogP contribution is -2.33. The average Bonchev–Trinajstić information content (AvgIpc) is 1.94. The van der Waals surface area contributed by atoms with Crippen LogP contribution in [0.1, 0.15) is 13.8 Å². The molecule has 0 spiro atoms. The second kappa shape index (κ2) is 2.84. The highest BCUT2D eigenvalue weighted by Crippen LogP contribution is 2.24. The van der Waals surface area contributed by atoms with Crippen LogP contribution in [0.3, 0.4) is 0 Å². The molecule has 0 saturated carbocycles. The molecule has 0 unspecified atom stereocenters. The molecule has 2 atom stereocenters. The molecule has 0 heterocycles. The van der Waals surface area contributed by atoms with Crippen molar-refractivity contribution >= 4 is 5.78 Å². The van der Waals surface area contributed by atoms with Crippen LogP contribution in [0, 0.1) is 0 Å². The summed E-state index contributed by atoms with van der Waals surface area (Å²) in [5.41, 5.74) is -0.850. The van der Waals surface area contributed by atoms with Crippen molar-refractivity contribution in [2.24, 2.45) is 0 Å². The van der Waals surface area contributed by atoms with Crippen molar-refractivity contribution in [1.82, 2.24) is 0 Å². The summed E-state index contributed by atoms with van der Waals surface area (Å²) >= 11 is 0. The quantitative estimate of drug-likeness (QED) is 0.587. The summed E-state index contributed by atoms with van der Waals surface area (Å²) in [6.07, 6.45) is 3.15. The molecule has 1 rings (SSSR count). The number of carbonyl (C=O) groups is 1. The third kappa shape index (κ3) is 1.62. The molecule has 0 aromatic carbocycles. The number of hydrogen-bond donors (Lipinski definition) is 2. The maximum atomic E-state index is 10.9. The Balaban J connectivity index is 3.02. The third-order valence-corrected chi connectivity index (χ3v) is 1.90. The summed E-state index contributed by atoms with van der Waals surface area (Å²) in [6.45, 7) is 3.06. The van der Waals surface area contributed by atoms with Gasteiger partial charge in [0.1, 0.15) is 5.60 Å². The Morgan fingerprint density at radius 3 is 2.58 bits per heavy atom. The fraction of sp³-hybridized carbons (Fsp3) is 0.444. The number of allylic oxidation sites excluding steroid dienone is 2. The molecule has 1 aliphatic rings. The Hall–Kier alpha value is -0.930. The van der Waals surface area contributed by atoms with E-state index < -0.39 is 11.7 Å². The molecule has 0 radical (unpaired) electrons. The molecule has 0 bridgehead atoms. The zero-order valence-corrected chi connectivity index (χ0v) is 7.11. The van der Waals surface area contributed by atoms with E-state index in [1.807, 2.05) is 0 Å². The summed E-state index contributed by atoms with van der Waals surface area (Å²) in [4.78, 5) is 10.9. The van der Waals surface area contributed by atoms with E-state index in [0.29, 0.717) is 5.57 Å². The Morgan fingerprint density at radius 2 is 2.17 bits per heavy atom. The second-order valence-electron chi connectivity index (χ2n) is 3.16. The number of ketones is 1. The highest BCUT2D eigenvalue weighted by atomic mass is 16.3. The molecular weight excluding hydrogens is 156 g/mol. The van der Waals surface area contributed by atoms with Crippen LogP contribution in [0.25, 0.3) is 0 Å². The molecule has 12 heavy (non-hydrogen) atoms. The number of carbonyl (C=O) groups excluding carboxylic acids is 1. The van der Waals surface area contributed by atoms with Crippen LogP contribution in [0.4, 0.5) is 0 Å².